The van der Waals surface area contributed by atoms with Gasteiger partial charge in [-0.2, -0.15) is 5.26 Å². The van der Waals surface area contributed by atoms with Crippen molar-refractivity contribution in [2.45, 2.75) is 4.90 Å². The Morgan fingerprint density at radius 1 is 1.30 bits per heavy atom. The SMILES string of the molecule is CSc1cc(-c2cc(F)c(Cl)cc2Cl)oc(=O)c1C#N. The Balaban J connectivity index is 2.72. The maximum atomic E-state index is 13.5. The van der Waals surface area contributed by atoms with Crippen LogP contribution in [0, 0.1) is 17.1 Å². The quantitative estimate of drug-likeness (QED) is 0.607. The van der Waals surface area contributed by atoms with Gasteiger partial charge in [0.1, 0.15) is 17.6 Å². The first-order chi connectivity index (χ1) is 9.47. The molecule has 0 aliphatic heterocycles. The first kappa shape index (κ1) is 14.9. The van der Waals surface area contributed by atoms with Crippen LogP contribution in [-0.2, 0) is 0 Å². The van der Waals surface area contributed by atoms with Gasteiger partial charge >= 0.3 is 5.63 Å². The van der Waals surface area contributed by atoms with E-state index in [9.17, 15) is 9.18 Å². The summed E-state index contributed by atoms with van der Waals surface area (Å²) in [5, 5.41) is 8.92. The lowest BCUT2D eigenvalue weighted by Gasteiger charge is -2.07. The highest BCUT2D eigenvalue weighted by Crippen LogP contribution is 2.33. The van der Waals surface area contributed by atoms with E-state index in [-0.39, 0.29) is 26.9 Å². The van der Waals surface area contributed by atoms with Crippen molar-refractivity contribution in [3.05, 3.63) is 50.0 Å². The van der Waals surface area contributed by atoms with Gasteiger partial charge in [-0.05, 0) is 24.5 Å². The second kappa shape index (κ2) is 5.88. The molecule has 0 spiro atoms. The van der Waals surface area contributed by atoms with Crippen LogP contribution in [-0.4, -0.2) is 6.26 Å². The fourth-order valence-electron chi connectivity index (χ4n) is 1.58. The van der Waals surface area contributed by atoms with Crippen molar-refractivity contribution in [3.63, 3.8) is 0 Å². The maximum Gasteiger partial charge on any atom is 0.355 e. The second-order valence-electron chi connectivity index (χ2n) is 3.70. The van der Waals surface area contributed by atoms with Crippen LogP contribution < -0.4 is 5.63 Å². The normalized spacial score (nSPS) is 10.3. The van der Waals surface area contributed by atoms with Gasteiger partial charge in [-0.3, -0.25) is 0 Å². The van der Waals surface area contributed by atoms with Gasteiger partial charge in [0.05, 0.1) is 10.0 Å². The van der Waals surface area contributed by atoms with Crippen LogP contribution in [0.3, 0.4) is 0 Å². The summed E-state index contributed by atoms with van der Waals surface area (Å²) in [7, 11) is 0. The molecule has 0 aliphatic rings. The molecule has 1 aromatic heterocycles. The molecule has 0 N–H and O–H groups in total. The molecular formula is C13H6Cl2FNO2S. The topological polar surface area (TPSA) is 54.0 Å². The summed E-state index contributed by atoms with van der Waals surface area (Å²) < 4.78 is 18.5. The number of hydrogen-bond acceptors (Lipinski definition) is 4. The molecule has 7 heteroatoms. The van der Waals surface area contributed by atoms with E-state index in [1.807, 2.05) is 0 Å². The average molecular weight is 330 g/mol. The van der Waals surface area contributed by atoms with Crippen molar-refractivity contribution < 1.29 is 8.81 Å². The van der Waals surface area contributed by atoms with E-state index >= 15 is 0 Å². The van der Waals surface area contributed by atoms with Gasteiger partial charge in [0.25, 0.3) is 0 Å². The third-order valence-corrected chi connectivity index (χ3v) is 3.89. The van der Waals surface area contributed by atoms with Crippen molar-refractivity contribution in [2.24, 2.45) is 0 Å². The second-order valence-corrected chi connectivity index (χ2v) is 5.36. The molecule has 0 amide bonds. The van der Waals surface area contributed by atoms with Crippen molar-refractivity contribution in [3.8, 4) is 17.4 Å². The van der Waals surface area contributed by atoms with Gasteiger partial charge in [-0.15, -0.1) is 11.8 Å². The molecule has 20 heavy (non-hydrogen) atoms. The summed E-state index contributed by atoms with van der Waals surface area (Å²) in [6.45, 7) is 0. The molecule has 0 radical (unpaired) electrons. The smallest absolute Gasteiger partial charge is 0.355 e. The van der Waals surface area contributed by atoms with Gasteiger partial charge in [-0.25, -0.2) is 9.18 Å². The number of nitriles is 1. The average Bonchev–Trinajstić information content (AvgIpc) is 2.41. The number of hydrogen-bond donors (Lipinski definition) is 0. The highest BCUT2D eigenvalue weighted by atomic mass is 35.5. The summed E-state index contributed by atoms with van der Waals surface area (Å²) in [6.07, 6.45) is 1.71. The molecule has 0 bridgehead atoms. The lowest BCUT2D eigenvalue weighted by molar-refractivity contribution is 0.518. The largest absolute Gasteiger partial charge is 0.422 e. The molecule has 0 fully saturated rings. The van der Waals surface area contributed by atoms with Crippen LogP contribution >= 0.6 is 35.0 Å². The molecule has 0 aliphatic carbocycles. The molecule has 0 atom stereocenters. The summed E-state index contributed by atoms with van der Waals surface area (Å²) in [4.78, 5) is 12.2. The highest BCUT2D eigenvalue weighted by molar-refractivity contribution is 7.98. The number of thioether (sulfide) groups is 1. The molecule has 2 rings (SSSR count). The predicted octanol–water partition coefficient (Wildman–Crippen LogP) is 4.35. The van der Waals surface area contributed by atoms with E-state index in [0.29, 0.717) is 4.90 Å². The van der Waals surface area contributed by atoms with Crippen LogP contribution in [0.5, 0.6) is 0 Å². The Morgan fingerprint density at radius 2 is 2.00 bits per heavy atom. The number of rotatable bonds is 2. The van der Waals surface area contributed by atoms with Crippen molar-refractivity contribution in [1.82, 2.24) is 0 Å². The summed E-state index contributed by atoms with van der Waals surface area (Å²) in [5.41, 5.74) is -0.682. The zero-order valence-electron chi connectivity index (χ0n) is 10.0. The Kier molecular flexibility index (Phi) is 4.39. The lowest BCUT2D eigenvalue weighted by atomic mass is 10.1. The molecule has 0 saturated carbocycles. The third-order valence-electron chi connectivity index (χ3n) is 2.52. The maximum absolute atomic E-state index is 13.5. The zero-order chi connectivity index (χ0) is 14.9. The lowest BCUT2D eigenvalue weighted by Crippen LogP contribution is -2.06. The van der Waals surface area contributed by atoms with Crippen LogP contribution in [0.25, 0.3) is 11.3 Å². The van der Waals surface area contributed by atoms with Gasteiger partial charge < -0.3 is 4.42 Å². The van der Waals surface area contributed by atoms with E-state index in [0.717, 1.165) is 6.07 Å². The Hall–Kier alpha value is -1.48. The first-order valence-corrected chi connectivity index (χ1v) is 7.23. The fraction of sp³-hybridized carbons (Fsp3) is 0.0769. The Bertz CT molecular complexity index is 783. The minimum atomic E-state index is -0.791. The van der Waals surface area contributed by atoms with E-state index in [4.69, 9.17) is 32.9 Å². The number of nitrogens with zero attached hydrogens (tertiary/aromatic N) is 1. The third kappa shape index (κ3) is 2.68. The van der Waals surface area contributed by atoms with E-state index < -0.39 is 11.4 Å². The Labute approximate surface area is 127 Å². The number of benzene rings is 1. The summed E-state index contributed by atoms with van der Waals surface area (Å²) >= 11 is 12.8. The van der Waals surface area contributed by atoms with Crippen LogP contribution in [0.15, 0.2) is 32.3 Å². The molecule has 1 heterocycles. The van der Waals surface area contributed by atoms with Crippen molar-refractivity contribution in [2.75, 3.05) is 6.26 Å². The molecule has 1 aromatic carbocycles. The van der Waals surface area contributed by atoms with Crippen LogP contribution in [0.4, 0.5) is 4.39 Å². The predicted molar refractivity (Wildman–Crippen MR) is 76.9 cm³/mol. The fourth-order valence-corrected chi connectivity index (χ4v) is 2.61. The van der Waals surface area contributed by atoms with Crippen molar-refractivity contribution >= 4 is 35.0 Å². The highest BCUT2D eigenvalue weighted by Gasteiger charge is 2.16. The monoisotopic (exact) mass is 329 g/mol. The van der Waals surface area contributed by atoms with Gasteiger partial charge in [0.15, 0.2) is 5.56 Å². The van der Waals surface area contributed by atoms with Crippen molar-refractivity contribution in [1.29, 1.82) is 5.26 Å². The molecule has 0 saturated heterocycles. The van der Waals surface area contributed by atoms with Crippen LogP contribution in [0.2, 0.25) is 10.0 Å². The van der Waals surface area contributed by atoms with E-state index in [2.05, 4.69) is 0 Å². The van der Waals surface area contributed by atoms with Crippen LogP contribution in [0.1, 0.15) is 5.56 Å². The summed E-state index contributed by atoms with van der Waals surface area (Å²) in [5.74, 6) is -0.595. The van der Waals surface area contributed by atoms with Gasteiger partial charge in [-0.1, -0.05) is 23.2 Å². The van der Waals surface area contributed by atoms with E-state index in [1.54, 1.807) is 12.3 Å². The number of halogens is 3. The zero-order valence-corrected chi connectivity index (χ0v) is 12.4. The molecule has 102 valence electrons. The molecular weight excluding hydrogens is 324 g/mol. The summed E-state index contributed by atoms with van der Waals surface area (Å²) in [6, 6.07) is 5.55. The Morgan fingerprint density at radius 3 is 2.60 bits per heavy atom. The van der Waals surface area contributed by atoms with E-state index in [1.165, 1.54) is 23.9 Å². The molecule has 3 nitrogen and oxygen atoms in total. The first-order valence-electron chi connectivity index (χ1n) is 5.25. The minimum Gasteiger partial charge on any atom is -0.422 e. The molecule has 2 aromatic rings. The molecule has 0 unspecified atom stereocenters. The van der Waals surface area contributed by atoms with Gasteiger partial charge in [0, 0.05) is 10.5 Å². The standard InChI is InChI=1S/C13H6Cl2FNO2S/c1-20-12-4-11(19-13(18)7(12)5-17)6-2-10(16)9(15)3-8(6)14/h2-4H,1H3. The minimum absolute atomic E-state index is 0.0823. The van der Waals surface area contributed by atoms with Gasteiger partial charge in [0.2, 0.25) is 0 Å².